The Bertz CT molecular complexity index is 747. The summed E-state index contributed by atoms with van der Waals surface area (Å²) in [7, 11) is -3.65. The number of hydrogen-bond acceptors (Lipinski definition) is 5. The molecule has 2 unspecified atom stereocenters. The highest BCUT2D eigenvalue weighted by atomic mass is 35.5. The molecule has 0 aliphatic carbocycles. The summed E-state index contributed by atoms with van der Waals surface area (Å²) in [6, 6.07) is 0.0848. The molecule has 2 aliphatic heterocycles. The van der Waals surface area contributed by atoms with E-state index in [1.165, 1.54) is 4.31 Å². The van der Waals surface area contributed by atoms with Crippen LogP contribution in [0.2, 0.25) is 0 Å². The van der Waals surface area contributed by atoms with Gasteiger partial charge in [-0.05, 0) is 46.0 Å². The monoisotopic (exact) mass is 419 g/mol. The predicted molar refractivity (Wildman–Crippen MR) is 105 cm³/mol. The van der Waals surface area contributed by atoms with Gasteiger partial charge in [-0.3, -0.25) is 9.89 Å². The Morgan fingerprint density at radius 1 is 1.22 bits per heavy atom. The molecule has 2 saturated heterocycles. The van der Waals surface area contributed by atoms with Crippen molar-refractivity contribution in [1.29, 1.82) is 0 Å². The molecular formula is C17H30ClN5O3S. The number of aromatic nitrogens is 2. The third-order valence-corrected chi connectivity index (χ3v) is 7.70. The van der Waals surface area contributed by atoms with E-state index in [0.717, 1.165) is 32.2 Å². The lowest BCUT2D eigenvalue weighted by Gasteiger charge is -2.39. The number of nitrogens with two attached hydrogens (primary N) is 1. The fraction of sp³-hybridized carbons (Fsp3) is 0.765. The molecule has 2 atom stereocenters. The number of nitrogens with zero attached hydrogens (tertiary/aromatic N) is 3. The summed E-state index contributed by atoms with van der Waals surface area (Å²) in [4.78, 5) is 15.2. The number of aryl methyl sites for hydroxylation is 2. The highest BCUT2D eigenvalue weighted by Crippen LogP contribution is 2.29. The van der Waals surface area contributed by atoms with Gasteiger partial charge in [-0.25, -0.2) is 8.42 Å². The molecule has 27 heavy (non-hydrogen) atoms. The molecule has 2 fully saturated rings. The number of amides is 1. The Hall–Kier alpha value is -1.16. The fourth-order valence-electron chi connectivity index (χ4n) is 4.18. The molecule has 1 aromatic heterocycles. The number of hydrogen-bond donors (Lipinski definition) is 2. The van der Waals surface area contributed by atoms with Crippen molar-refractivity contribution in [3.8, 4) is 0 Å². The van der Waals surface area contributed by atoms with Crippen LogP contribution in [-0.2, 0) is 14.8 Å². The number of carbonyl (C=O) groups is 1. The lowest BCUT2D eigenvalue weighted by Crippen LogP contribution is -2.53. The zero-order valence-corrected chi connectivity index (χ0v) is 17.6. The Kier molecular flexibility index (Phi) is 7.29. The maximum atomic E-state index is 13.1. The zero-order valence-electron chi connectivity index (χ0n) is 16.0. The second-order valence-electron chi connectivity index (χ2n) is 7.38. The minimum absolute atomic E-state index is 0. The largest absolute Gasteiger partial charge is 0.338 e. The number of nitrogens with one attached hydrogen (secondary N) is 1. The smallest absolute Gasteiger partial charge is 0.246 e. The van der Waals surface area contributed by atoms with Crippen LogP contribution in [0.5, 0.6) is 0 Å². The number of halogens is 1. The molecule has 1 amide bonds. The van der Waals surface area contributed by atoms with Gasteiger partial charge in [0.05, 0.1) is 17.3 Å². The molecule has 8 nitrogen and oxygen atoms in total. The van der Waals surface area contributed by atoms with Crippen LogP contribution in [0.15, 0.2) is 4.90 Å². The van der Waals surface area contributed by atoms with Crippen molar-refractivity contribution in [3.63, 3.8) is 0 Å². The summed E-state index contributed by atoms with van der Waals surface area (Å²) in [5.41, 5.74) is 6.85. The van der Waals surface area contributed by atoms with Crippen LogP contribution in [0.25, 0.3) is 0 Å². The van der Waals surface area contributed by atoms with Gasteiger partial charge in [0.2, 0.25) is 15.9 Å². The number of sulfonamides is 1. The molecule has 0 radical (unpaired) electrons. The van der Waals surface area contributed by atoms with Gasteiger partial charge in [0.25, 0.3) is 0 Å². The van der Waals surface area contributed by atoms with Gasteiger partial charge in [0.1, 0.15) is 4.90 Å². The Balaban J connectivity index is 0.00000261. The Labute approximate surface area is 167 Å². The summed E-state index contributed by atoms with van der Waals surface area (Å²) in [6.07, 6.45) is 4.43. The molecular weight excluding hydrogens is 390 g/mol. The number of aromatic amines is 1. The predicted octanol–water partition coefficient (Wildman–Crippen LogP) is 1.19. The highest BCUT2D eigenvalue weighted by Gasteiger charge is 2.38. The molecule has 0 bridgehead atoms. The van der Waals surface area contributed by atoms with E-state index in [9.17, 15) is 13.2 Å². The molecule has 154 valence electrons. The van der Waals surface area contributed by atoms with E-state index in [1.54, 1.807) is 13.8 Å². The average Bonchev–Trinajstić information content (AvgIpc) is 3.00. The van der Waals surface area contributed by atoms with Crippen molar-refractivity contribution in [2.24, 2.45) is 11.7 Å². The summed E-state index contributed by atoms with van der Waals surface area (Å²) < 4.78 is 27.6. The summed E-state index contributed by atoms with van der Waals surface area (Å²) in [5.74, 6) is -0.237. The lowest BCUT2D eigenvalue weighted by molar-refractivity contribution is -0.140. The summed E-state index contributed by atoms with van der Waals surface area (Å²) >= 11 is 0. The first-order valence-corrected chi connectivity index (χ1v) is 10.8. The quantitative estimate of drug-likeness (QED) is 0.761. The van der Waals surface area contributed by atoms with Gasteiger partial charge in [-0.1, -0.05) is 0 Å². The van der Waals surface area contributed by atoms with Crippen LogP contribution in [0.1, 0.15) is 43.5 Å². The van der Waals surface area contributed by atoms with E-state index in [-0.39, 0.29) is 41.7 Å². The minimum Gasteiger partial charge on any atom is -0.338 e. The second kappa shape index (κ2) is 8.89. The topological polar surface area (TPSA) is 112 Å². The highest BCUT2D eigenvalue weighted by molar-refractivity contribution is 7.89. The van der Waals surface area contributed by atoms with E-state index >= 15 is 0 Å². The van der Waals surface area contributed by atoms with Crippen molar-refractivity contribution in [3.05, 3.63) is 11.4 Å². The van der Waals surface area contributed by atoms with Gasteiger partial charge >= 0.3 is 0 Å². The number of likely N-dealkylation sites (tertiary alicyclic amines) is 1. The molecule has 0 aromatic carbocycles. The number of carbonyl (C=O) groups excluding carboxylic acids is 1. The van der Waals surface area contributed by atoms with Crippen LogP contribution in [0.3, 0.4) is 0 Å². The Morgan fingerprint density at radius 3 is 2.59 bits per heavy atom. The van der Waals surface area contributed by atoms with Gasteiger partial charge in [-0.2, -0.15) is 9.40 Å². The van der Waals surface area contributed by atoms with E-state index in [1.807, 2.05) is 4.90 Å². The molecule has 3 N–H and O–H groups in total. The van der Waals surface area contributed by atoms with Gasteiger partial charge in [0, 0.05) is 32.2 Å². The van der Waals surface area contributed by atoms with Crippen molar-refractivity contribution in [2.45, 2.75) is 56.9 Å². The summed E-state index contributed by atoms with van der Waals surface area (Å²) in [5, 5.41) is 6.74. The van der Waals surface area contributed by atoms with Crippen molar-refractivity contribution in [2.75, 3.05) is 26.2 Å². The molecule has 3 heterocycles. The SMILES string of the molecule is Cc1n[nH]c(C)c1S(=O)(=O)N1CCCC(C(=O)N2CCCCC2CN)C1.Cl. The van der Waals surface area contributed by atoms with E-state index < -0.39 is 10.0 Å². The number of piperidine rings is 2. The van der Waals surface area contributed by atoms with Gasteiger partial charge in [0.15, 0.2) is 0 Å². The normalized spacial score (nSPS) is 24.5. The first-order valence-electron chi connectivity index (χ1n) is 9.38. The summed E-state index contributed by atoms with van der Waals surface area (Å²) in [6.45, 7) is 5.26. The van der Waals surface area contributed by atoms with Gasteiger partial charge < -0.3 is 10.6 Å². The van der Waals surface area contributed by atoms with Crippen LogP contribution in [0.4, 0.5) is 0 Å². The van der Waals surface area contributed by atoms with Crippen molar-refractivity contribution in [1.82, 2.24) is 19.4 Å². The van der Waals surface area contributed by atoms with E-state index in [4.69, 9.17) is 5.73 Å². The molecule has 3 rings (SSSR count). The van der Waals surface area contributed by atoms with Crippen LogP contribution in [0, 0.1) is 19.8 Å². The Morgan fingerprint density at radius 2 is 1.96 bits per heavy atom. The lowest BCUT2D eigenvalue weighted by atomic mass is 9.94. The molecule has 10 heteroatoms. The number of rotatable bonds is 4. The van der Waals surface area contributed by atoms with Crippen molar-refractivity contribution < 1.29 is 13.2 Å². The zero-order chi connectivity index (χ0) is 18.9. The first kappa shape index (κ1) is 22.1. The second-order valence-corrected chi connectivity index (χ2v) is 9.26. The average molecular weight is 420 g/mol. The van der Waals surface area contributed by atoms with Gasteiger partial charge in [-0.15, -0.1) is 12.4 Å². The maximum absolute atomic E-state index is 13.1. The maximum Gasteiger partial charge on any atom is 0.246 e. The fourth-order valence-corrected chi connectivity index (χ4v) is 6.04. The number of H-pyrrole nitrogens is 1. The van der Waals surface area contributed by atoms with E-state index in [0.29, 0.717) is 30.9 Å². The molecule has 2 aliphatic rings. The van der Waals surface area contributed by atoms with Crippen LogP contribution in [-0.4, -0.2) is 65.9 Å². The molecule has 0 saturated carbocycles. The molecule has 0 spiro atoms. The van der Waals surface area contributed by atoms with Crippen molar-refractivity contribution >= 4 is 28.3 Å². The first-order chi connectivity index (χ1) is 12.4. The molecule has 1 aromatic rings. The van der Waals surface area contributed by atoms with Crippen LogP contribution >= 0.6 is 12.4 Å². The van der Waals surface area contributed by atoms with E-state index in [2.05, 4.69) is 10.2 Å². The van der Waals surface area contributed by atoms with Crippen LogP contribution < -0.4 is 5.73 Å². The minimum atomic E-state index is -3.65. The third-order valence-electron chi connectivity index (χ3n) is 5.57. The third kappa shape index (κ3) is 4.31. The standard InChI is InChI=1S/C17H29N5O3S.ClH/c1-12-16(13(2)20-19-12)26(24,25)21-8-5-6-14(11-21)17(23)22-9-4-3-7-15(22)10-18;/h14-15H,3-11,18H2,1-2H3,(H,19,20);1H.